The van der Waals surface area contributed by atoms with Gasteiger partial charge in [0.1, 0.15) is 12.4 Å². The molecule has 0 aliphatic carbocycles. The van der Waals surface area contributed by atoms with Gasteiger partial charge in [0.05, 0.1) is 24.4 Å². The van der Waals surface area contributed by atoms with Crippen molar-refractivity contribution in [2.45, 2.75) is 13.2 Å². The zero-order chi connectivity index (χ0) is 21.5. The number of hydrazone groups is 1. The van der Waals surface area contributed by atoms with E-state index < -0.39 is 0 Å². The van der Waals surface area contributed by atoms with Gasteiger partial charge in [0.25, 0.3) is 0 Å². The Kier molecular flexibility index (Phi) is 6.47. The third-order valence-electron chi connectivity index (χ3n) is 4.86. The van der Waals surface area contributed by atoms with E-state index in [0.717, 1.165) is 33.2 Å². The molecular weight excluding hydrogens is 406 g/mol. The number of hydrogen-bond donors (Lipinski definition) is 1. The second-order valence-electron chi connectivity index (χ2n) is 7.02. The molecule has 31 heavy (non-hydrogen) atoms. The maximum absolute atomic E-state index is 9.10. The summed E-state index contributed by atoms with van der Waals surface area (Å²) in [6.45, 7) is 0.961. The van der Waals surface area contributed by atoms with Gasteiger partial charge in [-0.05, 0) is 52.2 Å². The van der Waals surface area contributed by atoms with Gasteiger partial charge in [-0.2, -0.15) is 10.4 Å². The summed E-state index contributed by atoms with van der Waals surface area (Å²) in [5.41, 5.74) is 6.64. The van der Waals surface area contributed by atoms with Crippen LogP contribution in [-0.2, 0) is 13.2 Å². The number of halogens is 1. The minimum atomic E-state index is 0.368. The number of hydrogen-bond acceptors (Lipinski definition) is 4. The van der Waals surface area contributed by atoms with Crippen LogP contribution in [0.5, 0.6) is 5.75 Å². The van der Waals surface area contributed by atoms with Crippen LogP contribution in [0.3, 0.4) is 0 Å². The predicted molar refractivity (Wildman–Crippen MR) is 125 cm³/mol. The van der Waals surface area contributed by atoms with Crippen molar-refractivity contribution in [3.63, 3.8) is 0 Å². The van der Waals surface area contributed by atoms with Gasteiger partial charge in [0.2, 0.25) is 0 Å². The number of ether oxygens (including phenoxy) is 1. The van der Waals surface area contributed by atoms with E-state index in [9.17, 15) is 0 Å². The molecule has 4 nitrogen and oxygen atoms in total. The molecule has 0 fully saturated rings. The second-order valence-corrected chi connectivity index (χ2v) is 7.46. The zero-order valence-corrected chi connectivity index (χ0v) is 17.5. The van der Waals surface area contributed by atoms with Crippen molar-refractivity contribution in [3.8, 4) is 11.8 Å². The molecular formula is C26H20ClN3O. The van der Waals surface area contributed by atoms with E-state index in [1.165, 1.54) is 0 Å². The van der Waals surface area contributed by atoms with Crippen LogP contribution in [0.15, 0.2) is 90.0 Å². The molecule has 0 heterocycles. The molecule has 0 aliphatic heterocycles. The van der Waals surface area contributed by atoms with E-state index in [1.807, 2.05) is 66.7 Å². The van der Waals surface area contributed by atoms with Crippen LogP contribution in [0.4, 0.5) is 0 Å². The highest BCUT2D eigenvalue weighted by Crippen LogP contribution is 2.27. The van der Waals surface area contributed by atoms with Crippen LogP contribution in [0, 0.1) is 11.3 Å². The van der Waals surface area contributed by atoms with Crippen molar-refractivity contribution in [2.75, 3.05) is 0 Å². The highest BCUT2D eigenvalue weighted by atomic mass is 35.5. The van der Waals surface area contributed by atoms with Crippen LogP contribution < -0.4 is 10.2 Å². The van der Waals surface area contributed by atoms with E-state index in [0.29, 0.717) is 23.7 Å². The molecule has 0 aromatic heterocycles. The molecule has 1 N–H and O–H groups in total. The fourth-order valence-corrected chi connectivity index (χ4v) is 3.40. The molecule has 0 atom stereocenters. The van der Waals surface area contributed by atoms with Crippen LogP contribution in [0.1, 0.15) is 22.3 Å². The molecule has 0 spiro atoms. The standard InChI is InChI=1S/C26H20ClN3O/c27-23-11-8-19(9-12-23)16-29-30-17-25-24-7-2-1-6-22(24)10-13-26(25)31-18-21-5-3-4-20(14-21)15-28/h1-14,17,29H,16,18H2/b30-17-. The molecule has 0 saturated carbocycles. The molecule has 4 rings (SSSR count). The Balaban J connectivity index is 1.54. The zero-order valence-electron chi connectivity index (χ0n) is 16.8. The van der Waals surface area contributed by atoms with Gasteiger partial charge in [0, 0.05) is 10.6 Å². The normalized spacial score (nSPS) is 10.8. The van der Waals surface area contributed by atoms with Crippen LogP contribution in [0.2, 0.25) is 5.02 Å². The first-order chi connectivity index (χ1) is 15.2. The molecule has 4 aromatic carbocycles. The number of benzene rings is 4. The largest absolute Gasteiger partial charge is 0.488 e. The average Bonchev–Trinajstić information content (AvgIpc) is 2.82. The summed E-state index contributed by atoms with van der Waals surface area (Å²) in [7, 11) is 0. The lowest BCUT2D eigenvalue weighted by atomic mass is 10.0. The van der Waals surface area contributed by atoms with Crippen molar-refractivity contribution >= 4 is 28.6 Å². The summed E-state index contributed by atoms with van der Waals surface area (Å²) < 4.78 is 6.12. The van der Waals surface area contributed by atoms with Gasteiger partial charge >= 0.3 is 0 Å². The molecule has 5 heteroatoms. The van der Waals surface area contributed by atoms with Crippen LogP contribution in [-0.4, -0.2) is 6.21 Å². The van der Waals surface area contributed by atoms with E-state index in [1.54, 1.807) is 12.3 Å². The molecule has 0 amide bonds. The molecule has 0 aliphatic rings. The lowest BCUT2D eigenvalue weighted by molar-refractivity contribution is 0.306. The quantitative estimate of drug-likeness (QED) is 0.289. The Hall–Kier alpha value is -3.81. The third-order valence-corrected chi connectivity index (χ3v) is 5.11. The minimum Gasteiger partial charge on any atom is -0.488 e. The number of fused-ring (bicyclic) bond motifs is 1. The Morgan fingerprint density at radius 3 is 2.61 bits per heavy atom. The number of rotatable bonds is 7. The van der Waals surface area contributed by atoms with Gasteiger partial charge in [-0.1, -0.05) is 66.2 Å². The van der Waals surface area contributed by atoms with E-state index in [-0.39, 0.29) is 0 Å². The first kappa shape index (κ1) is 20.5. The Morgan fingerprint density at radius 1 is 0.935 bits per heavy atom. The second kappa shape index (κ2) is 9.80. The summed E-state index contributed by atoms with van der Waals surface area (Å²) >= 11 is 5.94. The van der Waals surface area contributed by atoms with Gasteiger partial charge in [-0.3, -0.25) is 0 Å². The summed E-state index contributed by atoms with van der Waals surface area (Å²) in [6, 6.07) is 29.4. The molecule has 0 bridgehead atoms. The fraction of sp³-hybridized carbons (Fsp3) is 0.0769. The Morgan fingerprint density at radius 2 is 1.77 bits per heavy atom. The SMILES string of the molecule is N#Cc1cccc(COc2ccc3ccccc3c2/C=N\NCc2ccc(Cl)cc2)c1. The summed E-state index contributed by atoms with van der Waals surface area (Å²) in [6.07, 6.45) is 1.79. The topological polar surface area (TPSA) is 57.4 Å². The maximum atomic E-state index is 9.10. The summed E-state index contributed by atoms with van der Waals surface area (Å²) in [5, 5.41) is 16.4. The molecule has 0 saturated heterocycles. The van der Waals surface area contributed by atoms with Gasteiger partial charge < -0.3 is 10.2 Å². The third kappa shape index (κ3) is 5.22. The van der Waals surface area contributed by atoms with Gasteiger partial charge in [-0.15, -0.1) is 0 Å². The highest BCUT2D eigenvalue weighted by Gasteiger charge is 2.08. The van der Waals surface area contributed by atoms with Crippen LogP contribution in [0.25, 0.3) is 10.8 Å². The van der Waals surface area contributed by atoms with Gasteiger partial charge in [-0.25, -0.2) is 0 Å². The van der Waals surface area contributed by atoms with Crippen molar-refractivity contribution in [3.05, 3.63) is 112 Å². The number of nitriles is 1. The van der Waals surface area contributed by atoms with Crippen molar-refractivity contribution in [1.29, 1.82) is 5.26 Å². The number of nitrogens with one attached hydrogen (secondary N) is 1. The smallest absolute Gasteiger partial charge is 0.129 e. The lowest BCUT2D eigenvalue weighted by Gasteiger charge is -2.12. The van der Waals surface area contributed by atoms with Crippen LogP contribution >= 0.6 is 11.6 Å². The summed E-state index contributed by atoms with van der Waals surface area (Å²) in [4.78, 5) is 0. The Labute approximate surface area is 186 Å². The minimum absolute atomic E-state index is 0.368. The summed E-state index contributed by atoms with van der Waals surface area (Å²) in [5.74, 6) is 0.734. The molecule has 0 radical (unpaired) electrons. The maximum Gasteiger partial charge on any atom is 0.129 e. The van der Waals surface area contributed by atoms with E-state index in [4.69, 9.17) is 21.6 Å². The number of nitrogens with zero attached hydrogens (tertiary/aromatic N) is 2. The van der Waals surface area contributed by atoms with E-state index in [2.05, 4.69) is 28.7 Å². The first-order valence-corrected chi connectivity index (χ1v) is 10.2. The average molecular weight is 426 g/mol. The molecule has 0 unspecified atom stereocenters. The Bertz CT molecular complexity index is 1260. The van der Waals surface area contributed by atoms with Crippen molar-refractivity contribution in [1.82, 2.24) is 5.43 Å². The van der Waals surface area contributed by atoms with E-state index >= 15 is 0 Å². The predicted octanol–water partition coefficient (Wildman–Crippen LogP) is 6.07. The molecule has 152 valence electrons. The monoisotopic (exact) mass is 425 g/mol. The fourth-order valence-electron chi connectivity index (χ4n) is 3.28. The highest BCUT2D eigenvalue weighted by molar-refractivity contribution is 6.30. The van der Waals surface area contributed by atoms with Crippen molar-refractivity contribution in [2.24, 2.45) is 5.10 Å². The molecule has 4 aromatic rings. The lowest BCUT2D eigenvalue weighted by Crippen LogP contribution is -2.06. The van der Waals surface area contributed by atoms with Gasteiger partial charge in [0.15, 0.2) is 0 Å². The van der Waals surface area contributed by atoms with Crippen molar-refractivity contribution < 1.29 is 4.74 Å². The first-order valence-electron chi connectivity index (χ1n) is 9.87.